The Morgan fingerprint density at radius 2 is 1.75 bits per heavy atom. The zero-order valence-electron chi connectivity index (χ0n) is 13.7. The summed E-state index contributed by atoms with van der Waals surface area (Å²) in [4.78, 5) is 0.616. The second-order valence-electron chi connectivity index (χ2n) is 5.52. The summed E-state index contributed by atoms with van der Waals surface area (Å²) in [5.41, 5.74) is 4.38. The van der Waals surface area contributed by atoms with Crippen molar-refractivity contribution in [2.45, 2.75) is 18.7 Å². The van der Waals surface area contributed by atoms with Crippen molar-refractivity contribution in [2.75, 3.05) is 6.61 Å². The molecule has 124 valence electrons. The largest absolute Gasteiger partial charge is 0.494 e. The van der Waals surface area contributed by atoms with Crippen molar-refractivity contribution in [1.29, 1.82) is 0 Å². The third-order valence-electron chi connectivity index (χ3n) is 3.76. The SMILES string of the molecule is CCOc1ccc(-c2cc(C)cn2-c2ccc(S(N)=O)cc2)cc1. The number of ether oxygens (including phenoxy) is 1. The standard InChI is InChI=1S/C19H20N2O2S/c1-3-23-17-8-4-15(5-9-17)19-12-14(2)13-21(19)16-6-10-18(11-7-16)24(20)22/h4-13H,3,20H2,1-2H3. The van der Waals surface area contributed by atoms with Crippen molar-refractivity contribution in [3.63, 3.8) is 0 Å². The number of nitrogens with zero attached hydrogens (tertiary/aromatic N) is 1. The monoisotopic (exact) mass is 340 g/mol. The average Bonchev–Trinajstić information content (AvgIpc) is 2.98. The van der Waals surface area contributed by atoms with Crippen LogP contribution in [-0.2, 0) is 11.0 Å². The van der Waals surface area contributed by atoms with Gasteiger partial charge in [-0.3, -0.25) is 0 Å². The van der Waals surface area contributed by atoms with Gasteiger partial charge in [0.05, 0.1) is 17.2 Å². The summed E-state index contributed by atoms with van der Waals surface area (Å²) in [5.74, 6) is 0.867. The Morgan fingerprint density at radius 1 is 1.08 bits per heavy atom. The van der Waals surface area contributed by atoms with Crippen LogP contribution in [0.5, 0.6) is 5.75 Å². The molecule has 0 fully saturated rings. The number of benzene rings is 2. The van der Waals surface area contributed by atoms with E-state index < -0.39 is 11.0 Å². The summed E-state index contributed by atoms with van der Waals surface area (Å²) < 4.78 is 19.0. The molecular formula is C19H20N2O2S. The number of hydrogen-bond acceptors (Lipinski definition) is 2. The lowest BCUT2D eigenvalue weighted by Gasteiger charge is -2.11. The topological polar surface area (TPSA) is 57.2 Å². The van der Waals surface area contributed by atoms with E-state index in [1.165, 1.54) is 5.56 Å². The molecule has 0 saturated heterocycles. The van der Waals surface area contributed by atoms with E-state index >= 15 is 0 Å². The summed E-state index contributed by atoms with van der Waals surface area (Å²) in [6.45, 7) is 4.70. The van der Waals surface area contributed by atoms with E-state index in [0.29, 0.717) is 11.5 Å². The molecule has 3 rings (SSSR count). The fraction of sp³-hybridized carbons (Fsp3) is 0.158. The molecule has 24 heavy (non-hydrogen) atoms. The first-order valence-electron chi connectivity index (χ1n) is 7.77. The predicted molar refractivity (Wildman–Crippen MR) is 97.7 cm³/mol. The van der Waals surface area contributed by atoms with E-state index in [1.807, 2.05) is 31.2 Å². The van der Waals surface area contributed by atoms with E-state index in [-0.39, 0.29) is 0 Å². The molecule has 3 aromatic rings. The number of hydrogen-bond donors (Lipinski definition) is 1. The van der Waals surface area contributed by atoms with Gasteiger partial charge in [-0.25, -0.2) is 9.35 Å². The Kier molecular flexibility index (Phi) is 4.83. The van der Waals surface area contributed by atoms with Crippen molar-refractivity contribution >= 4 is 11.0 Å². The Bertz CT molecular complexity index is 852. The van der Waals surface area contributed by atoms with Crippen LogP contribution < -0.4 is 9.88 Å². The molecule has 2 N–H and O–H groups in total. The van der Waals surface area contributed by atoms with Crippen molar-refractivity contribution in [3.8, 4) is 22.7 Å². The van der Waals surface area contributed by atoms with E-state index in [9.17, 15) is 4.21 Å². The highest BCUT2D eigenvalue weighted by Crippen LogP contribution is 2.27. The maximum Gasteiger partial charge on any atom is 0.122 e. The molecule has 1 unspecified atom stereocenters. The molecule has 0 bridgehead atoms. The second kappa shape index (κ2) is 7.03. The predicted octanol–water partition coefficient (Wildman–Crippen LogP) is 3.83. The molecule has 2 aromatic carbocycles. The van der Waals surface area contributed by atoms with Gasteiger partial charge in [0.25, 0.3) is 0 Å². The van der Waals surface area contributed by atoms with Crippen molar-refractivity contribution in [3.05, 3.63) is 66.4 Å². The van der Waals surface area contributed by atoms with Crippen LogP contribution >= 0.6 is 0 Å². The van der Waals surface area contributed by atoms with Gasteiger partial charge in [-0.2, -0.15) is 0 Å². The molecule has 0 radical (unpaired) electrons. The Labute approximate surface area is 144 Å². The molecule has 0 aliphatic carbocycles. The first-order valence-corrected chi connectivity index (χ1v) is 8.98. The van der Waals surface area contributed by atoms with Gasteiger partial charge < -0.3 is 9.30 Å². The fourth-order valence-corrected chi connectivity index (χ4v) is 3.07. The molecule has 0 aliphatic rings. The quantitative estimate of drug-likeness (QED) is 0.767. The van der Waals surface area contributed by atoms with Gasteiger partial charge in [0.1, 0.15) is 16.7 Å². The van der Waals surface area contributed by atoms with Crippen LogP contribution in [0.3, 0.4) is 0 Å². The van der Waals surface area contributed by atoms with Gasteiger partial charge in [-0.05, 0) is 79.6 Å². The summed E-state index contributed by atoms with van der Waals surface area (Å²) in [6.07, 6.45) is 2.08. The summed E-state index contributed by atoms with van der Waals surface area (Å²) >= 11 is 0. The van der Waals surface area contributed by atoms with Gasteiger partial charge in [0.2, 0.25) is 0 Å². The minimum absolute atomic E-state index is 0.616. The molecule has 0 saturated carbocycles. The van der Waals surface area contributed by atoms with Gasteiger partial charge >= 0.3 is 0 Å². The first-order chi connectivity index (χ1) is 11.6. The number of rotatable bonds is 5. The molecule has 0 amide bonds. The second-order valence-corrected chi connectivity index (χ2v) is 6.59. The molecular weight excluding hydrogens is 320 g/mol. The normalized spacial score (nSPS) is 12.1. The maximum atomic E-state index is 11.3. The molecule has 1 heterocycles. The lowest BCUT2D eigenvalue weighted by atomic mass is 10.1. The smallest absolute Gasteiger partial charge is 0.122 e. The van der Waals surface area contributed by atoms with E-state index in [2.05, 4.69) is 35.9 Å². The van der Waals surface area contributed by atoms with Gasteiger partial charge in [-0.1, -0.05) is 0 Å². The van der Waals surface area contributed by atoms with Crippen LogP contribution in [0.4, 0.5) is 0 Å². The van der Waals surface area contributed by atoms with Crippen molar-refractivity contribution in [1.82, 2.24) is 4.57 Å². The first kappa shape index (κ1) is 16.5. The Balaban J connectivity index is 1.99. The zero-order valence-corrected chi connectivity index (χ0v) is 14.5. The highest BCUT2D eigenvalue weighted by atomic mass is 32.2. The molecule has 5 heteroatoms. The van der Waals surface area contributed by atoms with Crippen LogP contribution in [0, 0.1) is 6.92 Å². The highest BCUT2D eigenvalue weighted by molar-refractivity contribution is 7.82. The molecule has 1 atom stereocenters. The Morgan fingerprint density at radius 3 is 2.33 bits per heavy atom. The molecule has 4 nitrogen and oxygen atoms in total. The molecule has 1 aromatic heterocycles. The number of aryl methyl sites for hydroxylation is 1. The zero-order chi connectivity index (χ0) is 17.1. The minimum atomic E-state index is -1.46. The van der Waals surface area contributed by atoms with Crippen molar-refractivity contribution < 1.29 is 8.95 Å². The average molecular weight is 340 g/mol. The maximum absolute atomic E-state index is 11.3. The van der Waals surface area contributed by atoms with E-state index in [1.54, 1.807) is 12.1 Å². The summed E-state index contributed by atoms with van der Waals surface area (Å²) in [5, 5.41) is 5.42. The third kappa shape index (κ3) is 3.42. The minimum Gasteiger partial charge on any atom is -0.494 e. The summed E-state index contributed by atoms with van der Waals surface area (Å²) in [6, 6.07) is 17.7. The third-order valence-corrected chi connectivity index (χ3v) is 4.50. The molecule has 0 aliphatic heterocycles. The number of aromatic nitrogens is 1. The van der Waals surface area contributed by atoms with Gasteiger partial charge in [-0.15, -0.1) is 0 Å². The lowest BCUT2D eigenvalue weighted by molar-refractivity contribution is 0.340. The van der Waals surface area contributed by atoms with Crippen molar-refractivity contribution in [2.24, 2.45) is 5.14 Å². The van der Waals surface area contributed by atoms with Crippen LogP contribution in [0.1, 0.15) is 12.5 Å². The summed E-state index contributed by atoms with van der Waals surface area (Å²) in [7, 11) is -1.46. The fourth-order valence-electron chi connectivity index (χ4n) is 2.66. The van der Waals surface area contributed by atoms with Crippen LogP contribution in [0.25, 0.3) is 16.9 Å². The Hall–Kier alpha value is -2.37. The highest BCUT2D eigenvalue weighted by Gasteiger charge is 2.09. The van der Waals surface area contributed by atoms with E-state index in [4.69, 9.17) is 9.88 Å². The van der Waals surface area contributed by atoms with Crippen LogP contribution in [-0.4, -0.2) is 15.4 Å². The van der Waals surface area contributed by atoms with Crippen LogP contribution in [0.15, 0.2) is 65.7 Å². The van der Waals surface area contributed by atoms with Gasteiger partial charge in [0, 0.05) is 11.9 Å². The van der Waals surface area contributed by atoms with E-state index in [0.717, 1.165) is 22.7 Å². The number of nitrogens with two attached hydrogens (primary N) is 1. The molecule has 0 spiro atoms. The lowest BCUT2D eigenvalue weighted by Crippen LogP contribution is -2.03. The van der Waals surface area contributed by atoms with Crippen LogP contribution in [0.2, 0.25) is 0 Å². The van der Waals surface area contributed by atoms with Gasteiger partial charge in [0.15, 0.2) is 0 Å².